The minimum Gasteiger partial charge on any atom is -0.478 e. The Morgan fingerprint density at radius 2 is 1.62 bits per heavy atom. The Balaban J connectivity index is 1.36. The second-order valence-corrected chi connectivity index (χ2v) is 11.3. The van der Waals surface area contributed by atoms with Gasteiger partial charge in [0.2, 0.25) is 0 Å². The number of aromatic nitrogens is 1. The number of carbonyl (C=O) groups excluding carboxylic acids is 1. The molecule has 1 aromatic heterocycles. The SMILES string of the molecule is C[C@H](NC(=O)c1ccc(Sc2ccccc2)c2ccn(Cc3ccc4cc(F)ccc4c3)c12)c1ccc(C(=O)O)cc1. The minimum atomic E-state index is -0.992. The fourth-order valence-corrected chi connectivity index (χ4v) is 6.11. The predicted octanol–water partition coefficient (Wildman–Crippen LogP) is 8.32. The van der Waals surface area contributed by atoms with Crippen molar-refractivity contribution in [3.8, 4) is 0 Å². The van der Waals surface area contributed by atoms with Crippen LogP contribution in [0.25, 0.3) is 21.7 Å². The van der Waals surface area contributed by atoms with E-state index < -0.39 is 5.97 Å². The Hall–Kier alpha value is -4.88. The van der Waals surface area contributed by atoms with E-state index in [4.69, 9.17) is 0 Å². The average molecular weight is 575 g/mol. The van der Waals surface area contributed by atoms with Crippen LogP contribution in [0.5, 0.6) is 0 Å². The Morgan fingerprint density at radius 1 is 0.881 bits per heavy atom. The van der Waals surface area contributed by atoms with Crippen molar-refractivity contribution in [2.24, 2.45) is 0 Å². The van der Waals surface area contributed by atoms with Gasteiger partial charge in [-0.2, -0.15) is 0 Å². The molecule has 0 aliphatic rings. The molecular formula is C35H27FN2O3S. The Morgan fingerprint density at radius 3 is 2.38 bits per heavy atom. The molecule has 6 aromatic rings. The van der Waals surface area contributed by atoms with Crippen molar-refractivity contribution >= 4 is 45.3 Å². The molecule has 1 heterocycles. The fraction of sp³-hybridized carbons (Fsp3) is 0.0857. The van der Waals surface area contributed by atoms with Gasteiger partial charge in [0.15, 0.2) is 0 Å². The third kappa shape index (κ3) is 5.64. The summed E-state index contributed by atoms with van der Waals surface area (Å²) in [6.07, 6.45) is 2.00. The number of carboxylic acid groups (broad SMARTS) is 1. The Bertz CT molecular complexity index is 1930. The predicted molar refractivity (Wildman–Crippen MR) is 165 cm³/mol. The van der Waals surface area contributed by atoms with Crippen molar-refractivity contribution in [1.29, 1.82) is 0 Å². The van der Waals surface area contributed by atoms with Crippen LogP contribution >= 0.6 is 11.8 Å². The normalized spacial score (nSPS) is 12.0. The molecule has 208 valence electrons. The summed E-state index contributed by atoms with van der Waals surface area (Å²) in [6.45, 7) is 2.41. The largest absolute Gasteiger partial charge is 0.478 e. The van der Waals surface area contributed by atoms with Crippen LogP contribution in [0.15, 0.2) is 125 Å². The molecule has 0 aliphatic heterocycles. The Labute approximate surface area is 246 Å². The van der Waals surface area contributed by atoms with Gasteiger partial charge in [-0.3, -0.25) is 4.79 Å². The van der Waals surface area contributed by atoms with Crippen LogP contribution in [0.4, 0.5) is 4.39 Å². The number of nitrogens with zero attached hydrogens (tertiary/aromatic N) is 1. The van der Waals surface area contributed by atoms with Crippen molar-refractivity contribution in [2.75, 3.05) is 0 Å². The summed E-state index contributed by atoms with van der Waals surface area (Å²) in [7, 11) is 0. The van der Waals surface area contributed by atoms with E-state index in [9.17, 15) is 19.1 Å². The van der Waals surface area contributed by atoms with Crippen molar-refractivity contribution < 1.29 is 19.1 Å². The summed E-state index contributed by atoms with van der Waals surface area (Å²) in [5, 5.41) is 15.1. The number of benzene rings is 5. The number of carboxylic acids is 1. The smallest absolute Gasteiger partial charge is 0.335 e. The monoisotopic (exact) mass is 574 g/mol. The third-order valence-electron chi connectivity index (χ3n) is 7.33. The number of rotatable bonds is 8. The van der Waals surface area contributed by atoms with Gasteiger partial charge in [-0.25, -0.2) is 9.18 Å². The number of carbonyl (C=O) groups is 2. The summed E-state index contributed by atoms with van der Waals surface area (Å²) >= 11 is 1.65. The lowest BCUT2D eigenvalue weighted by Crippen LogP contribution is -2.27. The molecule has 5 nitrogen and oxygen atoms in total. The number of hydrogen-bond donors (Lipinski definition) is 2. The Kier molecular flexibility index (Phi) is 7.50. The van der Waals surface area contributed by atoms with E-state index in [-0.39, 0.29) is 23.3 Å². The number of amides is 1. The van der Waals surface area contributed by atoms with Crippen molar-refractivity contribution in [2.45, 2.75) is 29.3 Å². The highest BCUT2D eigenvalue weighted by Gasteiger charge is 2.19. The van der Waals surface area contributed by atoms with Crippen LogP contribution in [0.3, 0.4) is 0 Å². The fourth-order valence-electron chi connectivity index (χ4n) is 5.15. The highest BCUT2D eigenvalue weighted by molar-refractivity contribution is 7.99. The number of hydrogen-bond acceptors (Lipinski definition) is 3. The lowest BCUT2D eigenvalue weighted by Gasteiger charge is -2.17. The molecule has 1 atom stereocenters. The molecule has 0 saturated heterocycles. The molecule has 6 rings (SSSR count). The topological polar surface area (TPSA) is 71.3 Å². The van der Waals surface area contributed by atoms with Gasteiger partial charge in [-0.1, -0.05) is 60.3 Å². The maximum atomic E-state index is 13.7. The minimum absolute atomic E-state index is 0.196. The molecule has 0 radical (unpaired) electrons. The van der Waals surface area contributed by atoms with Crippen LogP contribution in [0.1, 0.15) is 44.8 Å². The maximum Gasteiger partial charge on any atom is 0.335 e. The first-order valence-electron chi connectivity index (χ1n) is 13.5. The van der Waals surface area contributed by atoms with Gasteiger partial charge in [-0.15, -0.1) is 0 Å². The van der Waals surface area contributed by atoms with Gasteiger partial charge in [0.1, 0.15) is 5.82 Å². The van der Waals surface area contributed by atoms with E-state index >= 15 is 0 Å². The van der Waals surface area contributed by atoms with Crippen LogP contribution in [-0.4, -0.2) is 21.6 Å². The van der Waals surface area contributed by atoms with E-state index in [2.05, 4.69) is 22.0 Å². The summed E-state index contributed by atoms with van der Waals surface area (Å²) < 4.78 is 15.8. The lowest BCUT2D eigenvalue weighted by atomic mass is 10.0. The first kappa shape index (κ1) is 27.3. The molecule has 1 amide bonds. The maximum absolute atomic E-state index is 13.7. The highest BCUT2D eigenvalue weighted by atomic mass is 32.2. The molecule has 7 heteroatoms. The molecule has 0 unspecified atom stereocenters. The van der Waals surface area contributed by atoms with E-state index in [1.807, 2.05) is 67.7 Å². The van der Waals surface area contributed by atoms with Crippen LogP contribution in [0, 0.1) is 5.82 Å². The first-order chi connectivity index (χ1) is 20.4. The van der Waals surface area contributed by atoms with Crippen LogP contribution < -0.4 is 5.32 Å². The molecular weight excluding hydrogens is 547 g/mol. The average Bonchev–Trinajstić information content (AvgIpc) is 3.42. The van der Waals surface area contributed by atoms with Crippen molar-refractivity contribution in [3.63, 3.8) is 0 Å². The van der Waals surface area contributed by atoms with E-state index in [0.717, 1.165) is 42.6 Å². The second kappa shape index (κ2) is 11.5. The van der Waals surface area contributed by atoms with Gasteiger partial charge in [0.05, 0.1) is 22.7 Å². The zero-order chi connectivity index (χ0) is 29.2. The van der Waals surface area contributed by atoms with Gasteiger partial charge in [0.25, 0.3) is 5.91 Å². The molecule has 0 bridgehead atoms. The van der Waals surface area contributed by atoms with Crippen LogP contribution in [0.2, 0.25) is 0 Å². The van der Waals surface area contributed by atoms with Crippen LogP contribution in [-0.2, 0) is 6.54 Å². The number of halogens is 1. The molecule has 0 spiro atoms. The quantitative estimate of drug-likeness (QED) is 0.192. The summed E-state index contributed by atoms with van der Waals surface area (Å²) in [5.41, 5.74) is 3.40. The van der Waals surface area contributed by atoms with Gasteiger partial charge in [0, 0.05) is 27.9 Å². The molecule has 0 fully saturated rings. The zero-order valence-electron chi connectivity index (χ0n) is 22.8. The number of nitrogens with one attached hydrogen (secondary N) is 1. The molecule has 42 heavy (non-hydrogen) atoms. The first-order valence-corrected chi connectivity index (χ1v) is 14.3. The summed E-state index contributed by atoms with van der Waals surface area (Å²) in [6, 6.07) is 32.9. The van der Waals surface area contributed by atoms with E-state index in [1.54, 1.807) is 30.0 Å². The summed E-state index contributed by atoms with van der Waals surface area (Å²) in [4.78, 5) is 27.1. The van der Waals surface area contributed by atoms with Gasteiger partial charge < -0.3 is 15.0 Å². The second-order valence-electron chi connectivity index (χ2n) is 10.2. The molecule has 2 N–H and O–H groups in total. The van der Waals surface area contributed by atoms with Gasteiger partial charge in [-0.05, 0) is 89.5 Å². The highest BCUT2D eigenvalue weighted by Crippen LogP contribution is 2.36. The van der Waals surface area contributed by atoms with E-state index in [0.29, 0.717) is 12.1 Å². The number of aromatic carboxylic acids is 1. The third-order valence-corrected chi connectivity index (χ3v) is 8.41. The number of fused-ring (bicyclic) bond motifs is 2. The molecule has 0 saturated carbocycles. The summed E-state index contributed by atoms with van der Waals surface area (Å²) in [5.74, 6) is -1.48. The van der Waals surface area contributed by atoms with E-state index in [1.165, 1.54) is 24.3 Å². The molecule has 0 aliphatic carbocycles. The van der Waals surface area contributed by atoms with Gasteiger partial charge >= 0.3 is 5.97 Å². The lowest BCUT2D eigenvalue weighted by molar-refractivity contribution is 0.0696. The molecule has 5 aromatic carbocycles. The van der Waals surface area contributed by atoms with Crippen molar-refractivity contribution in [1.82, 2.24) is 9.88 Å². The standard InChI is InChI=1S/C35H27FN2O3S/c1-22(24-9-11-25(12-10-24)35(40)41)37-34(39)31-15-16-32(42-29-5-3-2-4-6-29)30-17-18-38(33(30)31)21-23-7-8-27-20-28(36)14-13-26(27)19-23/h2-20,22H,21H2,1H3,(H,37,39)(H,40,41)/t22-/m0/s1. The van der Waals surface area contributed by atoms with Crippen molar-refractivity contribution in [3.05, 3.63) is 143 Å². The zero-order valence-corrected chi connectivity index (χ0v) is 23.6.